The van der Waals surface area contributed by atoms with Crippen molar-refractivity contribution in [3.63, 3.8) is 0 Å². The van der Waals surface area contributed by atoms with Crippen LogP contribution in [0.1, 0.15) is 37.4 Å². The zero-order valence-corrected chi connectivity index (χ0v) is 20.5. The second-order valence-electron chi connectivity index (χ2n) is 7.34. The van der Waals surface area contributed by atoms with E-state index in [9.17, 15) is 13.2 Å². The molecule has 1 aromatic carbocycles. The summed E-state index contributed by atoms with van der Waals surface area (Å²) in [7, 11) is 3.48. The molecule has 1 heterocycles. The van der Waals surface area contributed by atoms with Crippen molar-refractivity contribution in [1.82, 2.24) is 15.1 Å². The maximum Gasteiger partial charge on any atom is 0.416 e. The Morgan fingerprint density at radius 2 is 1.90 bits per heavy atom. The van der Waals surface area contributed by atoms with Crippen molar-refractivity contribution in [2.75, 3.05) is 53.5 Å². The summed E-state index contributed by atoms with van der Waals surface area (Å²) in [5.41, 5.74) is 0.243. The molecule has 0 amide bonds. The summed E-state index contributed by atoms with van der Waals surface area (Å²) in [6.07, 6.45) is -3.26. The molecule has 0 radical (unpaired) electrons. The number of ether oxygens (including phenoxy) is 1. The number of rotatable bonds is 8. The summed E-state index contributed by atoms with van der Waals surface area (Å²) in [5, 5.41) is 3.44. The molecule has 2 rings (SSSR count). The van der Waals surface area contributed by atoms with Gasteiger partial charge in [0.05, 0.1) is 18.2 Å². The van der Waals surface area contributed by atoms with E-state index in [0.717, 1.165) is 62.9 Å². The number of nitrogens with one attached hydrogen (secondary N) is 1. The minimum Gasteiger partial charge on any atom is -0.384 e. The maximum atomic E-state index is 12.9. The Morgan fingerprint density at radius 1 is 1.27 bits per heavy atom. The van der Waals surface area contributed by atoms with Crippen molar-refractivity contribution in [2.45, 2.75) is 32.5 Å². The van der Waals surface area contributed by atoms with Gasteiger partial charge >= 0.3 is 6.18 Å². The highest BCUT2D eigenvalue weighted by molar-refractivity contribution is 14.0. The van der Waals surface area contributed by atoms with Gasteiger partial charge in [0.25, 0.3) is 0 Å². The van der Waals surface area contributed by atoms with Crippen LogP contribution >= 0.6 is 24.0 Å². The average molecular weight is 542 g/mol. The van der Waals surface area contributed by atoms with Gasteiger partial charge in [-0.1, -0.05) is 26.0 Å². The zero-order valence-electron chi connectivity index (χ0n) is 18.2. The highest BCUT2D eigenvalue weighted by atomic mass is 127. The fourth-order valence-electron chi connectivity index (χ4n) is 3.93. The molecule has 2 unspecified atom stereocenters. The van der Waals surface area contributed by atoms with E-state index >= 15 is 0 Å². The minimum atomic E-state index is -4.32. The quantitative estimate of drug-likeness (QED) is 0.303. The molecule has 2 atom stereocenters. The summed E-state index contributed by atoms with van der Waals surface area (Å²) >= 11 is 0. The van der Waals surface area contributed by atoms with E-state index in [1.807, 2.05) is 0 Å². The molecule has 172 valence electrons. The Labute approximate surface area is 195 Å². The second-order valence-corrected chi connectivity index (χ2v) is 7.34. The molecule has 9 heteroatoms. The Balaban J connectivity index is 0.00000450. The standard InChI is InChI=1S/C21H33F3N4O.HI/c1-5-27(6-2)19(17-7-9-18(10-8-17)21(22,23)24)13-26-20(25-3)28-12-11-16(14-28)15-29-4;/h7-10,16,19H,5-6,11-15H2,1-4H3,(H,25,26);1H. The number of methoxy groups -OCH3 is 1. The molecule has 1 N–H and O–H groups in total. The molecular weight excluding hydrogens is 508 g/mol. The van der Waals surface area contributed by atoms with Crippen LogP contribution in [0.15, 0.2) is 29.3 Å². The Bertz CT molecular complexity index is 651. The fraction of sp³-hybridized carbons (Fsp3) is 0.667. The van der Waals surface area contributed by atoms with Gasteiger partial charge in [-0.05, 0) is 37.2 Å². The monoisotopic (exact) mass is 542 g/mol. The van der Waals surface area contributed by atoms with Crippen LogP contribution in [0.2, 0.25) is 0 Å². The van der Waals surface area contributed by atoms with Crippen molar-refractivity contribution >= 4 is 29.9 Å². The first kappa shape index (κ1) is 27.0. The van der Waals surface area contributed by atoms with E-state index in [0.29, 0.717) is 12.5 Å². The summed E-state index contributed by atoms with van der Waals surface area (Å²) in [6, 6.07) is 5.45. The Kier molecular flexibility index (Phi) is 11.4. The summed E-state index contributed by atoms with van der Waals surface area (Å²) in [4.78, 5) is 8.87. The van der Waals surface area contributed by atoms with Crippen molar-refractivity contribution in [3.8, 4) is 0 Å². The molecule has 0 aliphatic carbocycles. The minimum absolute atomic E-state index is 0. The molecular formula is C21H34F3IN4O. The van der Waals surface area contributed by atoms with Gasteiger partial charge < -0.3 is 15.0 Å². The normalized spacial score (nSPS) is 18.5. The van der Waals surface area contributed by atoms with Gasteiger partial charge in [-0.2, -0.15) is 13.2 Å². The molecule has 1 aliphatic rings. The number of hydrogen-bond donors (Lipinski definition) is 1. The lowest BCUT2D eigenvalue weighted by molar-refractivity contribution is -0.137. The third-order valence-corrected chi connectivity index (χ3v) is 5.53. The lowest BCUT2D eigenvalue weighted by atomic mass is 10.0. The van der Waals surface area contributed by atoms with E-state index in [1.54, 1.807) is 26.3 Å². The van der Waals surface area contributed by atoms with Crippen LogP contribution in [0.5, 0.6) is 0 Å². The van der Waals surface area contributed by atoms with E-state index in [-0.39, 0.29) is 30.0 Å². The van der Waals surface area contributed by atoms with Gasteiger partial charge in [0, 0.05) is 39.7 Å². The van der Waals surface area contributed by atoms with Crippen molar-refractivity contribution < 1.29 is 17.9 Å². The van der Waals surface area contributed by atoms with Crippen molar-refractivity contribution in [2.24, 2.45) is 10.9 Å². The number of likely N-dealkylation sites (tertiary alicyclic amines) is 1. The molecule has 0 saturated carbocycles. The van der Waals surface area contributed by atoms with Crippen molar-refractivity contribution in [1.29, 1.82) is 0 Å². The smallest absolute Gasteiger partial charge is 0.384 e. The largest absolute Gasteiger partial charge is 0.416 e. The Hall–Kier alpha value is -1.07. The number of guanidine groups is 1. The second kappa shape index (κ2) is 12.7. The molecule has 5 nitrogen and oxygen atoms in total. The van der Waals surface area contributed by atoms with Crippen molar-refractivity contribution in [3.05, 3.63) is 35.4 Å². The molecule has 1 fully saturated rings. The SMILES string of the molecule is CCN(CC)C(CNC(=NC)N1CCC(COC)C1)c1ccc(C(F)(F)F)cc1.I. The number of alkyl halides is 3. The van der Waals surface area contributed by atoms with Gasteiger partial charge in [0.2, 0.25) is 0 Å². The van der Waals surface area contributed by atoms with E-state index < -0.39 is 11.7 Å². The maximum absolute atomic E-state index is 12.9. The highest BCUT2D eigenvalue weighted by Crippen LogP contribution is 2.30. The van der Waals surface area contributed by atoms with Crippen LogP contribution in [0.4, 0.5) is 13.2 Å². The van der Waals surface area contributed by atoms with Gasteiger partial charge in [-0.15, -0.1) is 24.0 Å². The zero-order chi connectivity index (χ0) is 21.4. The number of halogens is 4. The topological polar surface area (TPSA) is 40.1 Å². The molecule has 0 aromatic heterocycles. The van der Waals surface area contributed by atoms with E-state index in [2.05, 4.69) is 34.0 Å². The summed E-state index contributed by atoms with van der Waals surface area (Å²) in [5.74, 6) is 1.32. The Morgan fingerprint density at radius 3 is 2.40 bits per heavy atom. The molecule has 1 aromatic rings. The number of aliphatic imine (C=N–C) groups is 1. The highest BCUT2D eigenvalue weighted by Gasteiger charge is 2.31. The molecule has 30 heavy (non-hydrogen) atoms. The number of nitrogens with zero attached hydrogens (tertiary/aromatic N) is 3. The van der Waals surface area contributed by atoms with E-state index in [4.69, 9.17) is 4.74 Å². The van der Waals surface area contributed by atoms with Gasteiger partial charge in [-0.3, -0.25) is 9.89 Å². The first-order valence-electron chi connectivity index (χ1n) is 10.2. The lowest BCUT2D eigenvalue weighted by Crippen LogP contribution is -2.44. The first-order valence-corrected chi connectivity index (χ1v) is 10.2. The molecule has 1 saturated heterocycles. The number of hydrogen-bond acceptors (Lipinski definition) is 3. The molecule has 1 aliphatic heterocycles. The predicted molar refractivity (Wildman–Crippen MR) is 125 cm³/mol. The van der Waals surface area contributed by atoms with Crippen LogP contribution in [0.3, 0.4) is 0 Å². The van der Waals surface area contributed by atoms with Crippen LogP contribution in [0, 0.1) is 5.92 Å². The third kappa shape index (κ3) is 7.26. The van der Waals surface area contributed by atoms with Crippen LogP contribution in [-0.2, 0) is 10.9 Å². The fourth-order valence-corrected chi connectivity index (χ4v) is 3.93. The van der Waals surface area contributed by atoms with Gasteiger partial charge in [-0.25, -0.2) is 0 Å². The van der Waals surface area contributed by atoms with Crippen LogP contribution < -0.4 is 5.32 Å². The molecule has 0 spiro atoms. The molecule has 0 bridgehead atoms. The average Bonchev–Trinajstić information content (AvgIpc) is 3.16. The third-order valence-electron chi connectivity index (χ3n) is 5.53. The van der Waals surface area contributed by atoms with Gasteiger partial charge in [0.1, 0.15) is 0 Å². The lowest BCUT2D eigenvalue weighted by Gasteiger charge is -2.32. The summed E-state index contributed by atoms with van der Waals surface area (Å²) in [6.45, 7) is 8.86. The summed E-state index contributed by atoms with van der Waals surface area (Å²) < 4.78 is 44.0. The van der Waals surface area contributed by atoms with Crippen LogP contribution in [0.25, 0.3) is 0 Å². The number of likely N-dealkylation sites (N-methyl/N-ethyl adjacent to an activating group) is 1. The van der Waals surface area contributed by atoms with Crippen LogP contribution in [-0.4, -0.2) is 69.2 Å². The first-order chi connectivity index (χ1) is 13.8. The van der Waals surface area contributed by atoms with Gasteiger partial charge in [0.15, 0.2) is 5.96 Å². The number of benzene rings is 1. The van der Waals surface area contributed by atoms with E-state index in [1.165, 1.54) is 0 Å². The predicted octanol–water partition coefficient (Wildman–Crippen LogP) is 4.25.